The van der Waals surface area contributed by atoms with Crippen molar-refractivity contribution in [2.45, 2.75) is 19.3 Å². The van der Waals surface area contributed by atoms with Crippen LogP contribution in [0.5, 0.6) is 0 Å². The monoisotopic (exact) mass is 327 g/mol. The largest absolute Gasteiger partial charge is 0.359 e. The Balaban J connectivity index is 1.68. The van der Waals surface area contributed by atoms with E-state index < -0.39 is 0 Å². The van der Waals surface area contributed by atoms with Gasteiger partial charge >= 0.3 is 0 Å². The summed E-state index contributed by atoms with van der Waals surface area (Å²) in [4.78, 5) is 4.53. The number of aromatic nitrogens is 2. The Morgan fingerprint density at radius 3 is 2.43 bits per heavy atom. The van der Waals surface area contributed by atoms with Crippen molar-refractivity contribution in [2.24, 2.45) is 0 Å². The van der Waals surface area contributed by atoms with Gasteiger partial charge in [0.2, 0.25) is 5.13 Å². The van der Waals surface area contributed by atoms with Crippen molar-refractivity contribution >= 4 is 16.7 Å². The standard InChI is InChI=1S/C18H18FN3S/c1-18(2,14-8-10-15(19)11-9-14)12-20-17-21-16(22-23-17)13-6-4-3-5-7-13/h3-11H,12H2,1-2H3,(H,20,21,22). The van der Waals surface area contributed by atoms with E-state index in [1.54, 1.807) is 0 Å². The third kappa shape index (κ3) is 3.74. The van der Waals surface area contributed by atoms with Crippen LogP contribution in [0.1, 0.15) is 19.4 Å². The molecule has 5 heteroatoms. The average Bonchev–Trinajstić information content (AvgIpc) is 3.03. The fraction of sp³-hybridized carbons (Fsp3) is 0.222. The fourth-order valence-electron chi connectivity index (χ4n) is 2.30. The Hall–Kier alpha value is -2.27. The Morgan fingerprint density at radius 2 is 1.74 bits per heavy atom. The number of rotatable bonds is 5. The molecular weight excluding hydrogens is 309 g/mol. The summed E-state index contributed by atoms with van der Waals surface area (Å²) in [6.45, 7) is 4.93. The van der Waals surface area contributed by atoms with E-state index in [1.165, 1.54) is 23.7 Å². The highest BCUT2D eigenvalue weighted by Crippen LogP contribution is 2.26. The predicted octanol–water partition coefficient (Wildman–Crippen LogP) is 4.73. The van der Waals surface area contributed by atoms with Gasteiger partial charge in [0.1, 0.15) is 5.82 Å². The van der Waals surface area contributed by atoms with Gasteiger partial charge in [0.25, 0.3) is 0 Å². The number of nitrogens with zero attached hydrogens (tertiary/aromatic N) is 2. The van der Waals surface area contributed by atoms with Crippen LogP contribution in [-0.4, -0.2) is 15.9 Å². The van der Waals surface area contributed by atoms with E-state index >= 15 is 0 Å². The first-order chi connectivity index (χ1) is 11.0. The molecule has 0 saturated carbocycles. The van der Waals surface area contributed by atoms with Gasteiger partial charge in [0.05, 0.1) is 0 Å². The lowest BCUT2D eigenvalue weighted by Crippen LogP contribution is -2.27. The molecule has 0 aliphatic carbocycles. The molecule has 1 aromatic heterocycles. The molecule has 1 heterocycles. The first kappa shape index (κ1) is 15.6. The van der Waals surface area contributed by atoms with Gasteiger partial charge < -0.3 is 5.32 Å². The van der Waals surface area contributed by atoms with Crippen LogP contribution < -0.4 is 5.32 Å². The smallest absolute Gasteiger partial charge is 0.202 e. The van der Waals surface area contributed by atoms with Crippen LogP contribution in [-0.2, 0) is 5.41 Å². The predicted molar refractivity (Wildman–Crippen MR) is 93.3 cm³/mol. The third-order valence-electron chi connectivity index (χ3n) is 3.77. The maximum atomic E-state index is 13.1. The average molecular weight is 327 g/mol. The molecule has 118 valence electrons. The molecule has 23 heavy (non-hydrogen) atoms. The van der Waals surface area contributed by atoms with Crippen molar-refractivity contribution in [3.8, 4) is 11.4 Å². The van der Waals surface area contributed by atoms with E-state index in [-0.39, 0.29) is 11.2 Å². The summed E-state index contributed by atoms with van der Waals surface area (Å²) in [6.07, 6.45) is 0. The zero-order valence-electron chi connectivity index (χ0n) is 13.1. The number of hydrogen-bond acceptors (Lipinski definition) is 4. The first-order valence-corrected chi connectivity index (χ1v) is 8.21. The molecule has 0 fully saturated rings. The molecule has 0 unspecified atom stereocenters. The lowest BCUT2D eigenvalue weighted by atomic mass is 9.85. The van der Waals surface area contributed by atoms with E-state index in [4.69, 9.17) is 0 Å². The minimum atomic E-state index is -0.214. The van der Waals surface area contributed by atoms with Crippen LogP contribution in [0.3, 0.4) is 0 Å². The van der Waals surface area contributed by atoms with Crippen LogP contribution >= 0.6 is 11.5 Å². The minimum absolute atomic E-state index is 0.133. The summed E-state index contributed by atoms with van der Waals surface area (Å²) in [7, 11) is 0. The van der Waals surface area contributed by atoms with Gasteiger partial charge in [-0.25, -0.2) is 4.39 Å². The first-order valence-electron chi connectivity index (χ1n) is 7.44. The van der Waals surface area contributed by atoms with Gasteiger partial charge in [-0.15, -0.1) is 0 Å². The Kier molecular flexibility index (Phi) is 4.39. The van der Waals surface area contributed by atoms with Crippen LogP contribution in [0, 0.1) is 5.82 Å². The van der Waals surface area contributed by atoms with Gasteiger partial charge in [-0.3, -0.25) is 0 Å². The zero-order chi connectivity index (χ0) is 16.3. The molecule has 2 aromatic carbocycles. The van der Waals surface area contributed by atoms with E-state index in [9.17, 15) is 4.39 Å². The minimum Gasteiger partial charge on any atom is -0.359 e. The number of nitrogens with one attached hydrogen (secondary N) is 1. The highest BCUT2D eigenvalue weighted by molar-refractivity contribution is 7.09. The maximum Gasteiger partial charge on any atom is 0.202 e. The molecule has 0 amide bonds. The number of hydrogen-bond donors (Lipinski definition) is 1. The normalized spacial score (nSPS) is 11.4. The topological polar surface area (TPSA) is 37.8 Å². The molecule has 0 bridgehead atoms. The van der Waals surface area contributed by atoms with Crippen LogP contribution in [0.4, 0.5) is 9.52 Å². The summed E-state index contributed by atoms with van der Waals surface area (Å²) in [5.74, 6) is 0.520. The molecule has 0 aliphatic rings. The summed E-state index contributed by atoms with van der Waals surface area (Å²) in [6, 6.07) is 16.6. The second kappa shape index (κ2) is 6.46. The highest BCUT2D eigenvalue weighted by Gasteiger charge is 2.21. The third-order valence-corrected chi connectivity index (χ3v) is 4.44. The van der Waals surface area contributed by atoms with Crippen molar-refractivity contribution in [1.29, 1.82) is 0 Å². The molecule has 3 rings (SSSR count). The molecule has 1 N–H and O–H groups in total. The summed E-state index contributed by atoms with van der Waals surface area (Å²) < 4.78 is 17.4. The van der Waals surface area contributed by atoms with Gasteiger partial charge in [-0.2, -0.15) is 9.36 Å². The molecule has 0 atom stereocenters. The van der Waals surface area contributed by atoms with Gasteiger partial charge in [0.15, 0.2) is 5.82 Å². The fourth-order valence-corrected chi connectivity index (χ4v) is 2.88. The molecule has 3 nitrogen and oxygen atoms in total. The van der Waals surface area contributed by atoms with Crippen molar-refractivity contribution in [3.63, 3.8) is 0 Å². The van der Waals surface area contributed by atoms with Crippen molar-refractivity contribution in [1.82, 2.24) is 9.36 Å². The molecule has 0 radical (unpaired) electrons. The van der Waals surface area contributed by atoms with E-state index in [0.29, 0.717) is 6.54 Å². The molecule has 0 saturated heterocycles. The van der Waals surface area contributed by atoms with E-state index in [0.717, 1.165) is 22.1 Å². The number of benzene rings is 2. The van der Waals surface area contributed by atoms with Crippen LogP contribution in [0.15, 0.2) is 54.6 Å². The van der Waals surface area contributed by atoms with Crippen LogP contribution in [0.2, 0.25) is 0 Å². The summed E-state index contributed by atoms with van der Waals surface area (Å²) >= 11 is 1.35. The second-order valence-corrected chi connectivity index (χ2v) is 6.79. The van der Waals surface area contributed by atoms with Crippen LogP contribution in [0.25, 0.3) is 11.4 Å². The van der Waals surface area contributed by atoms with Gasteiger partial charge in [-0.1, -0.05) is 56.3 Å². The quantitative estimate of drug-likeness (QED) is 0.736. The van der Waals surface area contributed by atoms with E-state index in [1.807, 2.05) is 42.5 Å². The molecule has 0 aliphatic heterocycles. The SMILES string of the molecule is CC(C)(CNc1nc(-c2ccccc2)ns1)c1ccc(F)cc1. The Morgan fingerprint density at radius 1 is 1.04 bits per heavy atom. The summed E-state index contributed by atoms with van der Waals surface area (Å²) in [5, 5.41) is 4.13. The van der Waals surface area contributed by atoms with Gasteiger partial charge in [0, 0.05) is 29.1 Å². The Labute approximate surface area is 139 Å². The summed E-state index contributed by atoms with van der Waals surface area (Å²) in [5.41, 5.74) is 1.96. The van der Waals surface area contributed by atoms with Crippen molar-refractivity contribution in [2.75, 3.05) is 11.9 Å². The maximum absolute atomic E-state index is 13.1. The zero-order valence-corrected chi connectivity index (χ0v) is 13.9. The van der Waals surface area contributed by atoms with Crippen molar-refractivity contribution in [3.05, 3.63) is 66.0 Å². The second-order valence-electron chi connectivity index (χ2n) is 6.03. The highest BCUT2D eigenvalue weighted by atomic mass is 32.1. The Bertz CT molecular complexity index is 766. The van der Waals surface area contributed by atoms with Crippen molar-refractivity contribution < 1.29 is 4.39 Å². The van der Waals surface area contributed by atoms with Gasteiger partial charge in [-0.05, 0) is 17.7 Å². The molecule has 0 spiro atoms. The molecular formula is C18H18FN3S. The lowest BCUT2D eigenvalue weighted by molar-refractivity contribution is 0.553. The number of anilines is 1. The lowest BCUT2D eigenvalue weighted by Gasteiger charge is -2.25. The number of halogens is 1. The van der Waals surface area contributed by atoms with E-state index in [2.05, 4.69) is 28.5 Å². The molecule has 3 aromatic rings.